The van der Waals surface area contributed by atoms with Crippen LogP contribution >= 0.6 is 0 Å². The maximum Gasteiger partial charge on any atom is 0.254 e. The van der Waals surface area contributed by atoms with Crippen molar-refractivity contribution in [2.24, 2.45) is 11.7 Å². The van der Waals surface area contributed by atoms with Crippen molar-refractivity contribution in [3.05, 3.63) is 29.8 Å². The van der Waals surface area contributed by atoms with Crippen molar-refractivity contribution in [1.29, 1.82) is 0 Å². The summed E-state index contributed by atoms with van der Waals surface area (Å²) in [5.41, 5.74) is 6.24. The molecule has 0 saturated heterocycles. The van der Waals surface area contributed by atoms with Gasteiger partial charge in [0.15, 0.2) is 0 Å². The molecular weight excluding hydrogens is 350 g/mol. The fourth-order valence-electron chi connectivity index (χ4n) is 2.52. The predicted molar refractivity (Wildman–Crippen MR) is 106 cm³/mol. The van der Waals surface area contributed by atoms with E-state index in [4.69, 9.17) is 5.73 Å². The van der Waals surface area contributed by atoms with Gasteiger partial charge in [-0.1, -0.05) is 39.3 Å². The van der Waals surface area contributed by atoms with Gasteiger partial charge in [-0.15, -0.1) is 0 Å². The summed E-state index contributed by atoms with van der Waals surface area (Å²) >= 11 is 0. The number of carbonyl (C=O) groups is 1. The highest BCUT2D eigenvalue weighted by molar-refractivity contribution is 7.89. The predicted octanol–water partition coefficient (Wildman–Crippen LogP) is 2.55. The lowest BCUT2D eigenvalue weighted by molar-refractivity contribution is 0.0789. The summed E-state index contributed by atoms with van der Waals surface area (Å²) in [6.45, 7) is 6.99. The van der Waals surface area contributed by atoms with Crippen molar-refractivity contribution in [1.82, 2.24) is 9.21 Å². The summed E-state index contributed by atoms with van der Waals surface area (Å²) in [6.07, 6.45) is 2.42. The Balaban J connectivity index is 3.04. The Labute approximate surface area is 158 Å². The summed E-state index contributed by atoms with van der Waals surface area (Å²) in [5, 5.41) is 0. The van der Waals surface area contributed by atoms with Crippen LogP contribution in [-0.2, 0) is 10.0 Å². The molecule has 1 rings (SSSR count). The maximum absolute atomic E-state index is 13.0. The highest BCUT2D eigenvalue weighted by Crippen LogP contribution is 2.21. The number of nitrogens with zero attached hydrogens (tertiary/aromatic N) is 2. The summed E-state index contributed by atoms with van der Waals surface area (Å²) in [5.74, 6) is 0.0112. The molecule has 1 unspecified atom stereocenters. The van der Waals surface area contributed by atoms with Crippen LogP contribution in [0.2, 0.25) is 0 Å². The van der Waals surface area contributed by atoms with E-state index in [1.807, 2.05) is 20.8 Å². The molecule has 1 aromatic rings. The summed E-state index contributed by atoms with van der Waals surface area (Å²) in [6, 6.07) is 6.34. The van der Waals surface area contributed by atoms with Gasteiger partial charge in [-0.2, -0.15) is 0 Å². The van der Waals surface area contributed by atoms with E-state index in [9.17, 15) is 13.2 Å². The molecule has 148 valence electrons. The van der Waals surface area contributed by atoms with Crippen molar-refractivity contribution < 1.29 is 13.2 Å². The van der Waals surface area contributed by atoms with Crippen molar-refractivity contribution in [2.45, 2.75) is 51.0 Å². The van der Waals surface area contributed by atoms with E-state index in [-0.39, 0.29) is 28.3 Å². The minimum absolute atomic E-state index is 0.0500. The standard InChI is InChI=1S/C19H33N3O3S/c1-6-7-13-21(4)19(23)16-10-8-9-11-18(16)26(24,25)22(5)14-12-17(20)15(2)3/h8-11,15,17H,6-7,12-14,20H2,1-5H3. The number of sulfonamides is 1. The molecule has 0 aliphatic rings. The van der Waals surface area contributed by atoms with Crippen molar-refractivity contribution in [3.63, 3.8) is 0 Å². The molecule has 0 fully saturated rings. The van der Waals surface area contributed by atoms with Gasteiger partial charge < -0.3 is 10.6 Å². The van der Waals surface area contributed by atoms with Crippen molar-refractivity contribution in [2.75, 3.05) is 27.2 Å². The third-order valence-electron chi connectivity index (χ3n) is 4.63. The van der Waals surface area contributed by atoms with Crippen molar-refractivity contribution in [3.8, 4) is 0 Å². The Hall–Kier alpha value is -1.44. The fourth-order valence-corrected chi connectivity index (χ4v) is 3.89. The molecule has 0 bridgehead atoms. The molecule has 0 radical (unpaired) electrons. The average molecular weight is 384 g/mol. The second kappa shape index (κ2) is 10.0. The van der Waals surface area contributed by atoms with Gasteiger partial charge in [0.1, 0.15) is 0 Å². The first kappa shape index (κ1) is 22.6. The zero-order valence-corrected chi connectivity index (χ0v) is 17.4. The number of hydrogen-bond donors (Lipinski definition) is 1. The lowest BCUT2D eigenvalue weighted by Crippen LogP contribution is -2.36. The lowest BCUT2D eigenvalue weighted by Gasteiger charge is -2.23. The monoisotopic (exact) mass is 383 g/mol. The van der Waals surface area contributed by atoms with Crippen LogP contribution in [0.1, 0.15) is 50.4 Å². The number of unbranched alkanes of at least 4 members (excludes halogenated alkanes) is 1. The van der Waals surface area contributed by atoms with Crippen LogP contribution in [0.3, 0.4) is 0 Å². The van der Waals surface area contributed by atoms with Gasteiger partial charge in [0, 0.05) is 33.2 Å². The largest absolute Gasteiger partial charge is 0.342 e. The molecule has 1 amide bonds. The number of rotatable bonds is 10. The topological polar surface area (TPSA) is 83.7 Å². The molecule has 0 aliphatic heterocycles. The molecule has 26 heavy (non-hydrogen) atoms. The molecule has 2 N–H and O–H groups in total. The number of benzene rings is 1. The molecule has 1 aromatic carbocycles. The Morgan fingerprint density at radius 3 is 2.35 bits per heavy atom. The quantitative estimate of drug-likeness (QED) is 0.673. The Morgan fingerprint density at radius 2 is 1.77 bits per heavy atom. The molecule has 0 heterocycles. The van der Waals surface area contributed by atoms with E-state index in [0.29, 0.717) is 19.5 Å². The van der Waals surface area contributed by atoms with E-state index in [0.717, 1.165) is 12.8 Å². The third kappa shape index (κ3) is 5.79. The SMILES string of the molecule is CCCCN(C)C(=O)c1ccccc1S(=O)(=O)N(C)CCC(N)C(C)C. The zero-order valence-electron chi connectivity index (χ0n) is 16.6. The first-order valence-corrected chi connectivity index (χ1v) is 10.6. The first-order chi connectivity index (χ1) is 12.1. The molecule has 0 spiro atoms. The molecule has 0 saturated carbocycles. The molecule has 1 atom stereocenters. The Bertz CT molecular complexity index is 689. The smallest absolute Gasteiger partial charge is 0.254 e. The van der Waals surface area contributed by atoms with Crippen LogP contribution in [0.5, 0.6) is 0 Å². The van der Waals surface area contributed by atoms with E-state index >= 15 is 0 Å². The first-order valence-electron chi connectivity index (χ1n) is 9.19. The van der Waals surface area contributed by atoms with Gasteiger partial charge in [0.2, 0.25) is 10.0 Å². The van der Waals surface area contributed by atoms with E-state index in [2.05, 4.69) is 0 Å². The van der Waals surface area contributed by atoms with Crippen LogP contribution in [0.4, 0.5) is 0 Å². The van der Waals surface area contributed by atoms with Gasteiger partial charge in [0.05, 0.1) is 10.5 Å². The second-order valence-corrected chi connectivity index (χ2v) is 9.11. The molecular formula is C19H33N3O3S. The maximum atomic E-state index is 13.0. The van der Waals surface area contributed by atoms with Gasteiger partial charge in [0.25, 0.3) is 5.91 Å². The van der Waals surface area contributed by atoms with Crippen LogP contribution in [-0.4, -0.2) is 56.8 Å². The van der Waals surface area contributed by atoms with E-state index in [1.54, 1.807) is 30.1 Å². The summed E-state index contributed by atoms with van der Waals surface area (Å²) < 4.78 is 27.3. The number of hydrogen-bond acceptors (Lipinski definition) is 4. The average Bonchev–Trinajstić information content (AvgIpc) is 2.62. The minimum atomic E-state index is -3.76. The minimum Gasteiger partial charge on any atom is -0.342 e. The third-order valence-corrected chi connectivity index (χ3v) is 6.55. The highest BCUT2D eigenvalue weighted by atomic mass is 32.2. The van der Waals surface area contributed by atoms with Crippen LogP contribution in [0, 0.1) is 5.92 Å². The normalized spacial score (nSPS) is 13.2. The van der Waals surface area contributed by atoms with Crippen LogP contribution in [0.15, 0.2) is 29.2 Å². The summed E-state index contributed by atoms with van der Waals surface area (Å²) in [7, 11) is -0.526. The van der Waals surface area contributed by atoms with Crippen molar-refractivity contribution >= 4 is 15.9 Å². The van der Waals surface area contributed by atoms with Crippen LogP contribution < -0.4 is 5.73 Å². The highest BCUT2D eigenvalue weighted by Gasteiger charge is 2.27. The van der Waals surface area contributed by atoms with Gasteiger partial charge in [-0.3, -0.25) is 4.79 Å². The fraction of sp³-hybridized carbons (Fsp3) is 0.632. The number of nitrogens with two attached hydrogens (primary N) is 1. The Morgan fingerprint density at radius 1 is 1.15 bits per heavy atom. The molecule has 7 heteroatoms. The van der Waals surface area contributed by atoms with Gasteiger partial charge >= 0.3 is 0 Å². The molecule has 6 nitrogen and oxygen atoms in total. The Kier molecular flexibility index (Phi) is 8.73. The molecule has 0 aliphatic carbocycles. The second-order valence-electron chi connectivity index (χ2n) is 7.10. The van der Waals surface area contributed by atoms with Crippen LogP contribution in [0.25, 0.3) is 0 Å². The van der Waals surface area contributed by atoms with E-state index < -0.39 is 10.0 Å². The lowest BCUT2D eigenvalue weighted by atomic mass is 10.0. The number of amides is 1. The van der Waals surface area contributed by atoms with Gasteiger partial charge in [-0.05, 0) is 30.9 Å². The number of carbonyl (C=O) groups excluding carboxylic acids is 1. The van der Waals surface area contributed by atoms with Gasteiger partial charge in [-0.25, -0.2) is 12.7 Å². The zero-order chi connectivity index (χ0) is 19.9. The molecule has 0 aromatic heterocycles. The van der Waals surface area contributed by atoms with E-state index in [1.165, 1.54) is 17.4 Å². The summed E-state index contributed by atoms with van der Waals surface area (Å²) in [4.78, 5) is 14.3.